The number of hydrogen-bond acceptors (Lipinski definition) is 4. The minimum absolute atomic E-state index is 0.0307. The molecule has 4 N–H and O–H groups in total. The second-order valence-corrected chi connectivity index (χ2v) is 3.04. The maximum absolute atomic E-state index is 9.07. The molecule has 0 radical (unpaired) electrons. The van der Waals surface area contributed by atoms with Gasteiger partial charge in [0.1, 0.15) is 0 Å². The molecule has 0 aromatic heterocycles. The first-order chi connectivity index (χ1) is 7.27. The van der Waals surface area contributed by atoms with Crippen LogP contribution in [0, 0.1) is 0 Å². The number of rotatable bonds is 3. The molecule has 1 aromatic rings. The molecule has 5 nitrogen and oxygen atoms in total. The minimum Gasteiger partial charge on any atom is -0.390 e. The quantitative estimate of drug-likeness (QED) is 0.337. The second-order valence-electron chi connectivity index (χ2n) is 2.64. The maximum Gasteiger partial charge on any atom is 0.211 e. The van der Waals surface area contributed by atoms with E-state index in [0.717, 1.165) is 5.56 Å². The Bertz CT molecular complexity index is 354. The Balaban J connectivity index is 2.76. The zero-order valence-electron chi connectivity index (χ0n) is 7.84. The smallest absolute Gasteiger partial charge is 0.211 e. The fourth-order valence-corrected chi connectivity index (χ4v) is 1.01. The Kier molecular flexibility index (Phi) is 4.69. The topological polar surface area (TPSA) is 76.9 Å². The SMILES string of the molecule is OCC(=NNC(=S)NO)c1ccccc1. The molecule has 1 aromatic carbocycles. The number of hydrogen-bond donors (Lipinski definition) is 4. The molecule has 6 heteroatoms. The number of aliphatic hydroxyl groups excluding tert-OH is 1. The highest BCUT2D eigenvalue weighted by Gasteiger charge is 2.01. The van der Waals surface area contributed by atoms with Crippen LogP contribution in [-0.4, -0.2) is 27.7 Å². The molecule has 0 saturated heterocycles. The Morgan fingerprint density at radius 1 is 1.33 bits per heavy atom. The van der Waals surface area contributed by atoms with Crippen LogP contribution in [0.3, 0.4) is 0 Å². The molecule has 0 aliphatic heterocycles. The van der Waals surface area contributed by atoms with Gasteiger partial charge in [-0.05, 0) is 12.2 Å². The number of aliphatic hydroxyl groups is 1. The Morgan fingerprint density at radius 3 is 2.53 bits per heavy atom. The molecule has 0 heterocycles. The molecule has 0 atom stereocenters. The summed E-state index contributed by atoms with van der Waals surface area (Å²) < 4.78 is 0. The molecule has 0 aliphatic rings. The lowest BCUT2D eigenvalue weighted by molar-refractivity contribution is 0.233. The van der Waals surface area contributed by atoms with Gasteiger partial charge in [-0.3, -0.25) is 10.6 Å². The zero-order chi connectivity index (χ0) is 11.1. The highest BCUT2D eigenvalue weighted by atomic mass is 32.1. The summed E-state index contributed by atoms with van der Waals surface area (Å²) >= 11 is 4.61. The number of thiocarbonyl (C=S) groups is 1. The van der Waals surface area contributed by atoms with Crippen molar-refractivity contribution < 1.29 is 10.3 Å². The summed E-state index contributed by atoms with van der Waals surface area (Å²) in [6.07, 6.45) is 0. The normalized spacial score (nSPS) is 10.9. The molecular weight excluding hydrogens is 214 g/mol. The van der Waals surface area contributed by atoms with Crippen LogP contribution in [0.4, 0.5) is 0 Å². The number of benzene rings is 1. The maximum atomic E-state index is 9.07. The fraction of sp³-hybridized carbons (Fsp3) is 0.111. The van der Waals surface area contributed by atoms with Crippen LogP contribution in [0.2, 0.25) is 0 Å². The van der Waals surface area contributed by atoms with Crippen molar-refractivity contribution in [1.29, 1.82) is 0 Å². The largest absolute Gasteiger partial charge is 0.390 e. The van der Waals surface area contributed by atoms with Crippen LogP contribution in [0.15, 0.2) is 35.4 Å². The highest BCUT2D eigenvalue weighted by molar-refractivity contribution is 7.80. The van der Waals surface area contributed by atoms with E-state index in [4.69, 9.17) is 10.3 Å². The van der Waals surface area contributed by atoms with Gasteiger partial charge in [0.05, 0.1) is 12.3 Å². The van der Waals surface area contributed by atoms with Gasteiger partial charge < -0.3 is 5.11 Å². The first-order valence-electron chi connectivity index (χ1n) is 4.21. The van der Waals surface area contributed by atoms with E-state index >= 15 is 0 Å². The van der Waals surface area contributed by atoms with Crippen LogP contribution in [0.1, 0.15) is 5.56 Å². The van der Waals surface area contributed by atoms with E-state index in [0.29, 0.717) is 5.71 Å². The van der Waals surface area contributed by atoms with Gasteiger partial charge in [0.15, 0.2) is 0 Å². The van der Waals surface area contributed by atoms with Crippen LogP contribution >= 0.6 is 12.2 Å². The molecule has 0 saturated carbocycles. The minimum atomic E-state index is -0.217. The van der Waals surface area contributed by atoms with Crippen molar-refractivity contribution in [2.75, 3.05) is 6.61 Å². The molecule has 0 amide bonds. The lowest BCUT2D eigenvalue weighted by atomic mass is 10.1. The average molecular weight is 225 g/mol. The Morgan fingerprint density at radius 2 is 2.00 bits per heavy atom. The summed E-state index contributed by atoms with van der Waals surface area (Å²) in [6, 6.07) is 9.16. The van der Waals surface area contributed by atoms with Crippen molar-refractivity contribution >= 4 is 23.0 Å². The van der Waals surface area contributed by atoms with Crippen LogP contribution in [0.25, 0.3) is 0 Å². The second kappa shape index (κ2) is 6.07. The first-order valence-corrected chi connectivity index (χ1v) is 4.61. The van der Waals surface area contributed by atoms with E-state index < -0.39 is 0 Å². The van der Waals surface area contributed by atoms with Crippen molar-refractivity contribution in [3.05, 3.63) is 35.9 Å². The lowest BCUT2D eigenvalue weighted by Crippen LogP contribution is -2.30. The molecule has 80 valence electrons. The fourth-order valence-electron chi connectivity index (χ4n) is 0.965. The van der Waals surface area contributed by atoms with Gasteiger partial charge in [0.25, 0.3) is 0 Å². The van der Waals surface area contributed by atoms with Crippen molar-refractivity contribution in [2.45, 2.75) is 0 Å². The van der Waals surface area contributed by atoms with E-state index in [-0.39, 0.29) is 11.7 Å². The third-order valence-electron chi connectivity index (χ3n) is 1.65. The van der Waals surface area contributed by atoms with Gasteiger partial charge in [-0.2, -0.15) is 5.10 Å². The van der Waals surface area contributed by atoms with Crippen molar-refractivity contribution in [3.8, 4) is 0 Å². The molecule has 15 heavy (non-hydrogen) atoms. The molecule has 0 aliphatic carbocycles. The van der Waals surface area contributed by atoms with Crippen molar-refractivity contribution in [1.82, 2.24) is 10.9 Å². The number of nitrogens with zero attached hydrogens (tertiary/aromatic N) is 1. The Labute approximate surface area is 92.4 Å². The summed E-state index contributed by atoms with van der Waals surface area (Å²) in [6.45, 7) is -0.217. The first kappa shape index (κ1) is 11.6. The van der Waals surface area contributed by atoms with E-state index in [9.17, 15) is 0 Å². The van der Waals surface area contributed by atoms with Crippen molar-refractivity contribution in [3.63, 3.8) is 0 Å². The Hall–Kier alpha value is -1.50. The summed E-state index contributed by atoms with van der Waals surface area (Å²) in [4.78, 5) is 0. The third kappa shape index (κ3) is 3.62. The highest BCUT2D eigenvalue weighted by Crippen LogP contribution is 1.99. The lowest BCUT2D eigenvalue weighted by Gasteiger charge is -2.04. The van der Waals surface area contributed by atoms with Gasteiger partial charge in [0.2, 0.25) is 5.11 Å². The van der Waals surface area contributed by atoms with Crippen LogP contribution < -0.4 is 10.9 Å². The van der Waals surface area contributed by atoms with E-state index in [2.05, 4.69) is 22.7 Å². The van der Waals surface area contributed by atoms with Crippen molar-refractivity contribution in [2.24, 2.45) is 5.10 Å². The molecule has 1 rings (SSSR count). The van der Waals surface area contributed by atoms with Crippen LogP contribution in [-0.2, 0) is 0 Å². The van der Waals surface area contributed by atoms with Gasteiger partial charge in [0, 0.05) is 5.56 Å². The molecule has 0 spiro atoms. The van der Waals surface area contributed by atoms with Crippen LogP contribution in [0.5, 0.6) is 0 Å². The zero-order valence-corrected chi connectivity index (χ0v) is 8.66. The molecule has 0 bridgehead atoms. The molecule has 0 unspecified atom stereocenters. The van der Waals surface area contributed by atoms with Gasteiger partial charge in [-0.25, -0.2) is 5.48 Å². The van der Waals surface area contributed by atoms with Gasteiger partial charge >= 0.3 is 0 Å². The van der Waals surface area contributed by atoms with E-state index in [1.165, 1.54) is 0 Å². The number of hydrazone groups is 1. The monoisotopic (exact) mass is 225 g/mol. The summed E-state index contributed by atoms with van der Waals surface area (Å²) in [5, 5.41) is 21.3. The van der Waals surface area contributed by atoms with E-state index in [1.807, 2.05) is 30.3 Å². The standard InChI is InChI=1S/C9H11N3O2S/c13-6-8(10-11-9(15)12-14)7-4-2-1-3-5-7/h1-5,13-14H,6H2,(H2,11,12,15). The number of hydroxylamine groups is 1. The predicted octanol–water partition coefficient (Wildman–Crippen LogP) is 0.236. The summed E-state index contributed by atoms with van der Waals surface area (Å²) in [5.74, 6) is 0. The van der Waals surface area contributed by atoms with Gasteiger partial charge in [-0.15, -0.1) is 0 Å². The van der Waals surface area contributed by atoms with Gasteiger partial charge in [-0.1, -0.05) is 30.3 Å². The average Bonchev–Trinajstić information content (AvgIpc) is 2.31. The molecular formula is C9H11N3O2S. The summed E-state index contributed by atoms with van der Waals surface area (Å²) in [7, 11) is 0. The molecule has 0 fully saturated rings. The van der Waals surface area contributed by atoms with E-state index in [1.54, 1.807) is 5.48 Å². The predicted molar refractivity (Wildman–Crippen MR) is 60.7 cm³/mol. The summed E-state index contributed by atoms with van der Waals surface area (Å²) in [5.41, 5.74) is 5.33. The third-order valence-corrected chi connectivity index (χ3v) is 1.83. The number of nitrogens with one attached hydrogen (secondary N) is 2.